The van der Waals surface area contributed by atoms with E-state index in [1.54, 1.807) is 11.9 Å². The van der Waals surface area contributed by atoms with E-state index in [4.69, 9.17) is 9.63 Å². The van der Waals surface area contributed by atoms with Gasteiger partial charge in [-0.05, 0) is 20.3 Å². The van der Waals surface area contributed by atoms with E-state index in [1.165, 1.54) is 0 Å². The highest BCUT2D eigenvalue weighted by atomic mass is 16.5. The molecular formula is C11H18N2O3. The first-order chi connectivity index (χ1) is 7.56. The van der Waals surface area contributed by atoms with Crippen LogP contribution >= 0.6 is 0 Å². The molecule has 0 aromatic carbocycles. The highest BCUT2D eigenvalue weighted by molar-refractivity contribution is 5.75. The van der Waals surface area contributed by atoms with Gasteiger partial charge in [0.15, 0.2) is 0 Å². The van der Waals surface area contributed by atoms with Gasteiger partial charge < -0.3 is 14.5 Å². The van der Waals surface area contributed by atoms with Gasteiger partial charge in [-0.15, -0.1) is 0 Å². The average molecular weight is 226 g/mol. The van der Waals surface area contributed by atoms with Crippen LogP contribution in [0.1, 0.15) is 29.9 Å². The first-order valence-corrected chi connectivity index (χ1v) is 5.32. The molecule has 0 bridgehead atoms. The molecule has 0 saturated heterocycles. The summed E-state index contributed by atoms with van der Waals surface area (Å²) in [5, 5.41) is 12.5. The van der Waals surface area contributed by atoms with Gasteiger partial charge in [-0.25, -0.2) is 0 Å². The zero-order valence-electron chi connectivity index (χ0n) is 9.99. The molecule has 0 fully saturated rings. The smallest absolute Gasteiger partial charge is 0.222 e. The van der Waals surface area contributed by atoms with Crippen molar-refractivity contribution in [1.29, 1.82) is 0 Å². The molecule has 0 spiro atoms. The number of aliphatic hydroxyl groups is 1. The van der Waals surface area contributed by atoms with E-state index >= 15 is 0 Å². The van der Waals surface area contributed by atoms with E-state index in [2.05, 4.69) is 5.16 Å². The summed E-state index contributed by atoms with van der Waals surface area (Å²) in [5.74, 6) is 0.772. The minimum absolute atomic E-state index is 0.0223. The molecule has 0 aliphatic rings. The molecule has 1 aromatic heterocycles. The number of rotatable bonds is 5. The third kappa shape index (κ3) is 3.06. The first-order valence-electron chi connectivity index (χ1n) is 5.32. The van der Waals surface area contributed by atoms with Crippen LogP contribution < -0.4 is 0 Å². The van der Waals surface area contributed by atoms with Gasteiger partial charge in [0, 0.05) is 25.6 Å². The lowest BCUT2D eigenvalue weighted by Crippen LogP contribution is -2.26. The van der Waals surface area contributed by atoms with Crippen LogP contribution in [-0.4, -0.2) is 34.7 Å². The Kier molecular flexibility index (Phi) is 4.49. The molecule has 0 atom stereocenters. The lowest BCUT2D eigenvalue weighted by atomic mass is 10.2. The summed E-state index contributed by atoms with van der Waals surface area (Å²) in [6, 6.07) is 0. The van der Waals surface area contributed by atoms with E-state index in [9.17, 15) is 4.79 Å². The molecule has 1 rings (SSSR count). The zero-order chi connectivity index (χ0) is 12.1. The van der Waals surface area contributed by atoms with E-state index in [-0.39, 0.29) is 12.5 Å². The van der Waals surface area contributed by atoms with Gasteiger partial charge in [0.2, 0.25) is 5.91 Å². The van der Waals surface area contributed by atoms with Crippen LogP contribution in [-0.2, 0) is 11.3 Å². The topological polar surface area (TPSA) is 66.6 Å². The van der Waals surface area contributed by atoms with E-state index in [1.807, 2.05) is 13.8 Å². The predicted molar refractivity (Wildman–Crippen MR) is 58.8 cm³/mol. The standard InChI is InChI=1S/C11H18N2O3/c1-8-10(9(2)16-12-8)7-13(3)11(15)5-4-6-14/h14H,4-7H2,1-3H3. The Labute approximate surface area is 95.0 Å². The van der Waals surface area contributed by atoms with Crippen molar-refractivity contribution in [1.82, 2.24) is 10.1 Å². The lowest BCUT2D eigenvalue weighted by Gasteiger charge is -2.16. The Balaban J connectivity index is 2.57. The maximum atomic E-state index is 11.6. The van der Waals surface area contributed by atoms with Gasteiger partial charge in [-0.2, -0.15) is 0 Å². The van der Waals surface area contributed by atoms with Crippen molar-refractivity contribution in [3.05, 3.63) is 17.0 Å². The molecule has 0 radical (unpaired) electrons. The highest BCUT2D eigenvalue weighted by Gasteiger charge is 2.14. The lowest BCUT2D eigenvalue weighted by molar-refractivity contribution is -0.130. The summed E-state index contributed by atoms with van der Waals surface area (Å²) >= 11 is 0. The minimum Gasteiger partial charge on any atom is -0.396 e. The first kappa shape index (κ1) is 12.7. The summed E-state index contributed by atoms with van der Waals surface area (Å²) in [6.07, 6.45) is 0.876. The molecule has 5 nitrogen and oxygen atoms in total. The maximum Gasteiger partial charge on any atom is 0.222 e. The number of carbonyl (C=O) groups excluding carboxylic acids is 1. The van der Waals surface area contributed by atoms with Crippen LogP contribution in [0.15, 0.2) is 4.52 Å². The normalized spacial score (nSPS) is 10.5. The highest BCUT2D eigenvalue weighted by Crippen LogP contribution is 2.14. The minimum atomic E-state index is 0.0223. The van der Waals surface area contributed by atoms with Crippen molar-refractivity contribution in [3.63, 3.8) is 0 Å². The Morgan fingerprint density at radius 3 is 2.69 bits per heavy atom. The number of nitrogens with zero attached hydrogens (tertiary/aromatic N) is 2. The summed E-state index contributed by atoms with van der Waals surface area (Å²) in [4.78, 5) is 13.2. The molecular weight excluding hydrogens is 208 g/mol. The molecule has 0 aliphatic heterocycles. The van der Waals surface area contributed by atoms with Crippen molar-refractivity contribution < 1.29 is 14.4 Å². The van der Waals surface area contributed by atoms with Crippen LogP contribution in [0, 0.1) is 13.8 Å². The van der Waals surface area contributed by atoms with Crippen LogP contribution in [0.4, 0.5) is 0 Å². The molecule has 90 valence electrons. The van der Waals surface area contributed by atoms with E-state index in [0.29, 0.717) is 19.4 Å². The number of aromatic nitrogens is 1. The summed E-state index contributed by atoms with van der Waals surface area (Å²) in [7, 11) is 1.74. The van der Waals surface area contributed by atoms with Crippen molar-refractivity contribution >= 4 is 5.91 Å². The number of aliphatic hydroxyl groups excluding tert-OH is 1. The second-order valence-electron chi connectivity index (χ2n) is 3.88. The number of amides is 1. The Morgan fingerprint density at radius 2 is 2.19 bits per heavy atom. The van der Waals surface area contributed by atoms with Crippen LogP contribution in [0.25, 0.3) is 0 Å². The molecule has 16 heavy (non-hydrogen) atoms. The Bertz CT molecular complexity index is 341. The van der Waals surface area contributed by atoms with Gasteiger partial charge in [-0.1, -0.05) is 5.16 Å². The van der Waals surface area contributed by atoms with Gasteiger partial charge in [0.1, 0.15) is 5.76 Å². The molecule has 0 saturated carbocycles. The summed E-state index contributed by atoms with van der Waals surface area (Å²) in [6.45, 7) is 4.25. The number of aryl methyl sites for hydroxylation is 2. The van der Waals surface area contributed by atoms with Crippen LogP contribution in [0.2, 0.25) is 0 Å². The molecule has 0 aliphatic carbocycles. The van der Waals surface area contributed by atoms with Crippen molar-refractivity contribution in [3.8, 4) is 0 Å². The molecule has 1 heterocycles. The maximum absolute atomic E-state index is 11.6. The van der Waals surface area contributed by atoms with Crippen molar-refractivity contribution in [2.45, 2.75) is 33.2 Å². The van der Waals surface area contributed by atoms with Gasteiger partial charge in [0.05, 0.1) is 12.2 Å². The van der Waals surface area contributed by atoms with E-state index in [0.717, 1.165) is 17.0 Å². The van der Waals surface area contributed by atoms with Gasteiger partial charge in [-0.3, -0.25) is 4.79 Å². The number of hydrogen-bond donors (Lipinski definition) is 1. The fraction of sp³-hybridized carbons (Fsp3) is 0.636. The van der Waals surface area contributed by atoms with Crippen LogP contribution in [0.5, 0.6) is 0 Å². The number of hydrogen-bond acceptors (Lipinski definition) is 4. The molecule has 1 amide bonds. The second kappa shape index (κ2) is 5.65. The molecule has 5 heteroatoms. The predicted octanol–water partition coefficient (Wildman–Crippen LogP) is 1.02. The Morgan fingerprint density at radius 1 is 1.50 bits per heavy atom. The molecule has 1 N–H and O–H groups in total. The van der Waals surface area contributed by atoms with E-state index < -0.39 is 0 Å². The van der Waals surface area contributed by atoms with Gasteiger partial charge >= 0.3 is 0 Å². The second-order valence-corrected chi connectivity index (χ2v) is 3.88. The monoisotopic (exact) mass is 226 g/mol. The SMILES string of the molecule is Cc1noc(C)c1CN(C)C(=O)CCCO. The summed E-state index contributed by atoms with van der Waals surface area (Å²) < 4.78 is 5.03. The van der Waals surface area contributed by atoms with Crippen LogP contribution in [0.3, 0.4) is 0 Å². The molecule has 0 unspecified atom stereocenters. The average Bonchev–Trinajstić information content (AvgIpc) is 2.57. The quantitative estimate of drug-likeness (QED) is 0.814. The van der Waals surface area contributed by atoms with Gasteiger partial charge in [0.25, 0.3) is 0 Å². The zero-order valence-corrected chi connectivity index (χ0v) is 9.99. The Hall–Kier alpha value is -1.36. The van der Waals surface area contributed by atoms with Crippen molar-refractivity contribution in [2.24, 2.45) is 0 Å². The van der Waals surface area contributed by atoms with Crippen molar-refractivity contribution in [2.75, 3.05) is 13.7 Å². The third-order valence-corrected chi connectivity index (χ3v) is 2.55. The third-order valence-electron chi connectivity index (χ3n) is 2.55. The number of carbonyl (C=O) groups is 1. The fourth-order valence-corrected chi connectivity index (χ4v) is 1.47. The molecule has 1 aromatic rings. The largest absolute Gasteiger partial charge is 0.396 e. The summed E-state index contributed by atoms with van der Waals surface area (Å²) in [5.41, 5.74) is 1.78. The fourth-order valence-electron chi connectivity index (χ4n) is 1.47.